The molecule has 0 unspecified atom stereocenters. The van der Waals surface area contributed by atoms with Gasteiger partial charge in [-0.1, -0.05) is 29.3 Å². The highest BCUT2D eigenvalue weighted by molar-refractivity contribution is 6.42. The normalized spacial score (nSPS) is 10.9. The van der Waals surface area contributed by atoms with E-state index in [0.29, 0.717) is 10.0 Å². The van der Waals surface area contributed by atoms with E-state index in [-0.39, 0.29) is 32.2 Å². The molecule has 1 amide bonds. The lowest BCUT2D eigenvalue weighted by Crippen LogP contribution is -2.34. The molecule has 0 aliphatic carbocycles. The van der Waals surface area contributed by atoms with Crippen molar-refractivity contribution in [3.63, 3.8) is 0 Å². The molecule has 0 heterocycles. The van der Waals surface area contributed by atoms with Gasteiger partial charge in [-0.15, -0.1) is 0 Å². The minimum Gasteiger partial charge on any atom is -0.395 e. The highest BCUT2D eigenvalue weighted by Crippen LogP contribution is 2.23. The molecule has 1 aromatic carbocycles. The summed E-state index contributed by atoms with van der Waals surface area (Å²) in [6, 6.07) is 5.03. The second-order valence-corrected chi connectivity index (χ2v) is 4.59. The van der Waals surface area contributed by atoms with Crippen molar-refractivity contribution in [2.45, 2.75) is 0 Å². The maximum absolute atomic E-state index is 11.8. The fourth-order valence-electron chi connectivity index (χ4n) is 1.46. The number of hydrogen-bond donors (Lipinski definition) is 2. The van der Waals surface area contributed by atoms with Gasteiger partial charge in [0, 0.05) is 19.2 Å². The molecular weight excluding hydrogens is 289 g/mol. The number of halogens is 2. The summed E-state index contributed by atoms with van der Waals surface area (Å²) in [6.07, 6.45) is 2.97. The second kappa shape index (κ2) is 8.17. The SMILES string of the molecule is O=C(C=Cc1ccc(Cl)c(Cl)c1)N(CCO)CCO. The number of carbonyl (C=O) groups excluding carboxylic acids is 1. The fourth-order valence-corrected chi connectivity index (χ4v) is 1.77. The highest BCUT2D eigenvalue weighted by Gasteiger charge is 2.08. The first-order valence-corrected chi connectivity index (χ1v) is 6.48. The number of carbonyl (C=O) groups is 1. The number of nitrogens with zero attached hydrogens (tertiary/aromatic N) is 1. The first-order valence-electron chi connectivity index (χ1n) is 5.72. The number of amides is 1. The molecule has 104 valence electrons. The third kappa shape index (κ3) is 5.20. The van der Waals surface area contributed by atoms with Crippen molar-refractivity contribution in [3.8, 4) is 0 Å². The Morgan fingerprint density at radius 3 is 2.32 bits per heavy atom. The Balaban J connectivity index is 2.73. The lowest BCUT2D eigenvalue weighted by molar-refractivity contribution is -0.126. The Bertz CT molecular complexity index is 457. The molecule has 1 aromatic rings. The van der Waals surface area contributed by atoms with Gasteiger partial charge in [-0.05, 0) is 23.8 Å². The van der Waals surface area contributed by atoms with Crippen LogP contribution in [-0.4, -0.2) is 47.3 Å². The minimum absolute atomic E-state index is 0.146. The monoisotopic (exact) mass is 303 g/mol. The number of aliphatic hydroxyl groups excluding tert-OH is 2. The number of hydrogen-bond acceptors (Lipinski definition) is 3. The van der Waals surface area contributed by atoms with Crippen LogP contribution in [0.4, 0.5) is 0 Å². The number of rotatable bonds is 6. The Morgan fingerprint density at radius 2 is 1.79 bits per heavy atom. The molecule has 0 bridgehead atoms. The maximum Gasteiger partial charge on any atom is 0.246 e. The van der Waals surface area contributed by atoms with Gasteiger partial charge in [0.05, 0.1) is 23.3 Å². The van der Waals surface area contributed by atoms with Crippen LogP contribution < -0.4 is 0 Å². The van der Waals surface area contributed by atoms with Crippen molar-refractivity contribution in [2.24, 2.45) is 0 Å². The lowest BCUT2D eigenvalue weighted by Gasteiger charge is -2.18. The third-order valence-electron chi connectivity index (χ3n) is 2.41. The van der Waals surface area contributed by atoms with Gasteiger partial charge >= 0.3 is 0 Å². The Labute approximate surface area is 121 Å². The molecule has 0 aliphatic rings. The molecule has 0 radical (unpaired) electrons. The topological polar surface area (TPSA) is 60.8 Å². The quantitative estimate of drug-likeness (QED) is 0.788. The maximum atomic E-state index is 11.8. The molecule has 0 saturated heterocycles. The van der Waals surface area contributed by atoms with Gasteiger partial charge in [0.15, 0.2) is 0 Å². The molecule has 0 saturated carbocycles. The first-order chi connectivity index (χ1) is 9.08. The van der Waals surface area contributed by atoms with E-state index in [1.165, 1.54) is 11.0 Å². The molecule has 0 fully saturated rings. The van der Waals surface area contributed by atoms with Gasteiger partial charge < -0.3 is 15.1 Å². The fraction of sp³-hybridized carbons (Fsp3) is 0.308. The second-order valence-electron chi connectivity index (χ2n) is 3.78. The van der Waals surface area contributed by atoms with Gasteiger partial charge in [0.2, 0.25) is 5.91 Å². The lowest BCUT2D eigenvalue weighted by atomic mass is 10.2. The average molecular weight is 304 g/mol. The van der Waals surface area contributed by atoms with Crippen LogP contribution in [0.5, 0.6) is 0 Å². The van der Waals surface area contributed by atoms with Crippen molar-refractivity contribution >= 4 is 35.2 Å². The zero-order valence-corrected chi connectivity index (χ0v) is 11.7. The van der Waals surface area contributed by atoms with Crippen LogP contribution in [0.2, 0.25) is 10.0 Å². The molecule has 2 N–H and O–H groups in total. The molecule has 0 atom stereocenters. The van der Waals surface area contributed by atoms with Crippen molar-refractivity contribution in [1.82, 2.24) is 4.90 Å². The highest BCUT2D eigenvalue weighted by atomic mass is 35.5. The van der Waals surface area contributed by atoms with E-state index in [4.69, 9.17) is 33.4 Å². The summed E-state index contributed by atoms with van der Waals surface area (Å²) in [7, 11) is 0. The van der Waals surface area contributed by atoms with E-state index in [9.17, 15) is 4.79 Å². The van der Waals surface area contributed by atoms with Crippen LogP contribution in [0.3, 0.4) is 0 Å². The summed E-state index contributed by atoms with van der Waals surface area (Å²) < 4.78 is 0. The molecule has 6 heteroatoms. The van der Waals surface area contributed by atoms with E-state index in [1.54, 1.807) is 24.3 Å². The molecule has 19 heavy (non-hydrogen) atoms. The molecule has 0 spiro atoms. The molecular formula is C13H15Cl2NO3. The van der Waals surface area contributed by atoms with Crippen LogP contribution >= 0.6 is 23.2 Å². The predicted molar refractivity (Wildman–Crippen MR) is 76.2 cm³/mol. The summed E-state index contributed by atoms with van der Waals surface area (Å²) in [6.45, 7) is 0.0783. The van der Waals surface area contributed by atoms with E-state index >= 15 is 0 Å². The van der Waals surface area contributed by atoms with E-state index in [0.717, 1.165) is 5.56 Å². The summed E-state index contributed by atoms with van der Waals surface area (Å²) in [5.74, 6) is -0.283. The summed E-state index contributed by atoms with van der Waals surface area (Å²) >= 11 is 11.7. The average Bonchev–Trinajstić information content (AvgIpc) is 2.39. The van der Waals surface area contributed by atoms with E-state index < -0.39 is 0 Å². The third-order valence-corrected chi connectivity index (χ3v) is 3.15. The summed E-state index contributed by atoms with van der Waals surface area (Å²) in [5, 5.41) is 18.5. The minimum atomic E-state index is -0.283. The molecule has 0 aromatic heterocycles. The Hall–Kier alpha value is -1.07. The molecule has 0 aliphatic heterocycles. The van der Waals surface area contributed by atoms with Crippen LogP contribution in [0.1, 0.15) is 5.56 Å². The first kappa shape index (κ1) is 16.0. The van der Waals surface area contributed by atoms with Crippen molar-refractivity contribution in [2.75, 3.05) is 26.3 Å². The van der Waals surface area contributed by atoms with Crippen molar-refractivity contribution < 1.29 is 15.0 Å². The van der Waals surface area contributed by atoms with Crippen LogP contribution in [0, 0.1) is 0 Å². The largest absolute Gasteiger partial charge is 0.395 e. The van der Waals surface area contributed by atoms with E-state index in [2.05, 4.69) is 0 Å². The zero-order valence-electron chi connectivity index (χ0n) is 10.2. The number of benzene rings is 1. The van der Waals surface area contributed by atoms with Gasteiger partial charge in [-0.3, -0.25) is 4.79 Å². The number of aliphatic hydroxyl groups is 2. The van der Waals surface area contributed by atoms with Gasteiger partial charge in [0.25, 0.3) is 0 Å². The van der Waals surface area contributed by atoms with Gasteiger partial charge in [-0.25, -0.2) is 0 Å². The van der Waals surface area contributed by atoms with Crippen LogP contribution in [0.15, 0.2) is 24.3 Å². The van der Waals surface area contributed by atoms with Crippen molar-refractivity contribution in [3.05, 3.63) is 39.9 Å². The standard InChI is InChI=1S/C13H15Cl2NO3/c14-11-3-1-10(9-12(11)15)2-4-13(19)16(5-7-17)6-8-18/h1-4,9,17-18H,5-8H2. The van der Waals surface area contributed by atoms with E-state index in [1.807, 2.05) is 0 Å². The molecule has 1 rings (SSSR count). The van der Waals surface area contributed by atoms with Gasteiger partial charge in [0.1, 0.15) is 0 Å². The van der Waals surface area contributed by atoms with Crippen molar-refractivity contribution in [1.29, 1.82) is 0 Å². The summed E-state index contributed by atoms with van der Waals surface area (Å²) in [4.78, 5) is 13.2. The Morgan fingerprint density at radius 1 is 1.16 bits per heavy atom. The zero-order chi connectivity index (χ0) is 14.3. The van der Waals surface area contributed by atoms with Gasteiger partial charge in [-0.2, -0.15) is 0 Å². The predicted octanol–water partition coefficient (Wildman–Crippen LogP) is 1.82. The smallest absolute Gasteiger partial charge is 0.246 e. The Kier molecular flexibility index (Phi) is 6.87. The van der Waals surface area contributed by atoms with Crippen LogP contribution in [0.25, 0.3) is 6.08 Å². The summed E-state index contributed by atoms with van der Waals surface area (Å²) in [5.41, 5.74) is 0.746. The van der Waals surface area contributed by atoms with Crippen LogP contribution in [-0.2, 0) is 4.79 Å². The molecule has 4 nitrogen and oxygen atoms in total.